The van der Waals surface area contributed by atoms with E-state index in [4.69, 9.17) is 11.6 Å². The second-order valence-corrected chi connectivity index (χ2v) is 10.4. The van der Waals surface area contributed by atoms with Gasteiger partial charge < -0.3 is 10.2 Å². The SMILES string of the molecule is CCCCNC(=O)[C@H](C)N(Cc1cccc(Cl)c1)C(=O)CN(c1ccccc1C)S(C)(=O)=O. The molecule has 0 saturated heterocycles. The lowest BCUT2D eigenvalue weighted by atomic mass is 10.1. The summed E-state index contributed by atoms with van der Waals surface area (Å²) >= 11 is 6.11. The van der Waals surface area contributed by atoms with Crippen LogP contribution in [-0.2, 0) is 26.2 Å². The molecule has 0 aliphatic carbocycles. The highest BCUT2D eigenvalue weighted by Gasteiger charge is 2.30. The van der Waals surface area contributed by atoms with Crippen molar-refractivity contribution in [1.29, 1.82) is 0 Å². The molecule has 0 heterocycles. The molecule has 0 aliphatic heterocycles. The third-order valence-electron chi connectivity index (χ3n) is 5.30. The zero-order chi connectivity index (χ0) is 24.6. The number of nitrogens with zero attached hydrogens (tertiary/aromatic N) is 2. The molecule has 0 radical (unpaired) electrons. The van der Waals surface area contributed by atoms with E-state index < -0.39 is 28.5 Å². The van der Waals surface area contributed by atoms with Crippen molar-refractivity contribution in [1.82, 2.24) is 10.2 Å². The first-order valence-electron chi connectivity index (χ1n) is 10.9. The predicted octanol–water partition coefficient (Wildman–Crippen LogP) is 3.75. The van der Waals surface area contributed by atoms with E-state index in [1.165, 1.54) is 4.90 Å². The lowest BCUT2D eigenvalue weighted by molar-refractivity contribution is -0.139. The molecule has 9 heteroatoms. The van der Waals surface area contributed by atoms with Crippen molar-refractivity contribution in [2.24, 2.45) is 0 Å². The molecular weight excluding hydrogens is 462 g/mol. The van der Waals surface area contributed by atoms with Gasteiger partial charge in [0.25, 0.3) is 0 Å². The van der Waals surface area contributed by atoms with Gasteiger partial charge in [-0.2, -0.15) is 0 Å². The number of amides is 2. The molecule has 0 fully saturated rings. The minimum Gasteiger partial charge on any atom is -0.354 e. The largest absolute Gasteiger partial charge is 0.354 e. The van der Waals surface area contributed by atoms with Gasteiger partial charge in [0.15, 0.2) is 0 Å². The maximum atomic E-state index is 13.5. The zero-order valence-electron chi connectivity index (χ0n) is 19.5. The molecule has 2 rings (SSSR count). The molecule has 0 spiro atoms. The summed E-state index contributed by atoms with van der Waals surface area (Å²) in [6.07, 6.45) is 2.82. The number of anilines is 1. The molecule has 0 unspecified atom stereocenters. The minimum absolute atomic E-state index is 0.118. The van der Waals surface area contributed by atoms with Crippen LogP contribution >= 0.6 is 11.6 Å². The van der Waals surface area contributed by atoms with Gasteiger partial charge in [-0.3, -0.25) is 13.9 Å². The number of hydrogen-bond donors (Lipinski definition) is 1. The van der Waals surface area contributed by atoms with Crippen molar-refractivity contribution in [2.45, 2.75) is 46.2 Å². The lowest BCUT2D eigenvalue weighted by Crippen LogP contribution is -2.51. The van der Waals surface area contributed by atoms with Gasteiger partial charge in [-0.15, -0.1) is 0 Å². The molecule has 33 heavy (non-hydrogen) atoms. The number of rotatable bonds is 11. The van der Waals surface area contributed by atoms with Crippen LogP contribution < -0.4 is 9.62 Å². The van der Waals surface area contributed by atoms with Crippen LogP contribution in [0.5, 0.6) is 0 Å². The summed E-state index contributed by atoms with van der Waals surface area (Å²) in [4.78, 5) is 27.6. The number of hydrogen-bond acceptors (Lipinski definition) is 4. The maximum Gasteiger partial charge on any atom is 0.244 e. The predicted molar refractivity (Wildman–Crippen MR) is 133 cm³/mol. The average molecular weight is 494 g/mol. The van der Waals surface area contributed by atoms with Crippen molar-refractivity contribution in [3.63, 3.8) is 0 Å². The van der Waals surface area contributed by atoms with Crippen LogP contribution in [0.1, 0.15) is 37.8 Å². The molecule has 0 saturated carbocycles. The van der Waals surface area contributed by atoms with Crippen molar-refractivity contribution in [2.75, 3.05) is 23.7 Å². The Kier molecular flexibility index (Phi) is 9.73. The second-order valence-electron chi connectivity index (χ2n) is 8.03. The third kappa shape index (κ3) is 7.75. The number of benzene rings is 2. The van der Waals surface area contributed by atoms with Gasteiger partial charge in [0, 0.05) is 18.1 Å². The van der Waals surface area contributed by atoms with Crippen LogP contribution in [0.3, 0.4) is 0 Å². The molecule has 7 nitrogen and oxygen atoms in total. The van der Waals surface area contributed by atoms with Crippen LogP contribution in [0.25, 0.3) is 0 Å². The summed E-state index contributed by atoms with van der Waals surface area (Å²) in [6, 6.07) is 13.2. The van der Waals surface area contributed by atoms with Gasteiger partial charge in [-0.05, 0) is 49.6 Å². The Morgan fingerprint density at radius 3 is 2.42 bits per heavy atom. The zero-order valence-corrected chi connectivity index (χ0v) is 21.1. The molecule has 0 bridgehead atoms. The Labute approximate surface area is 201 Å². The number of halogens is 1. The smallest absolute Gasteiger partial charge is 0.244 e. The van der Waals surface area contributed by atoms with Crippen molar-refractivity contribution < 1.29 is 18.0 Å². The number of para-hydroxylation sites is 1. The van der Waals surface area contributed by atoms with Crippen LogP contribution in [0.4, 0.5) is 5.69 Å². The number of nitrogens with one attached hydrogen (secondary N) is 1. The second kappa shape index (κ2) is 12.0. The van der Waals surface area contributed by atoms with Gasteiger partial charge in [0.05, 0.1) is 11.9 Å². The Hall–Kier alpha value is -2.58. The summed E-state index contributed by atoms with van der Waals surface area (Å²) < 4.78 is 26.2. The van der Waals surface area contributed by atoms with E-state index in [1.54, 1.807) is 56.3 Å². The van der Waals surface area contributed by atoms with E-state index in [1.807, 2.05) is 13.0 Å². The quantitative estimate of drug-likeness (QED) is 0.483. The van der Waals surface area contributed by atoms with Gasteiger partial charge in [0.2, 0.25) is 21.8 Å². The fraction of sp³-hybridized carbons (Fsp3) is 0.417. The van der Waals surface area contributed by atoms with Crippen molar-refractivity contribution in [3.05, 3.63) is 64.7 Å². The molecule has 180 valence electrons. The number of carbonyl (C=O) groups is 2. The summed E-state index contributed by atoms with van der Waals surface area (Å²) in [7, 11) is -3.75. The summed E-state index contributed by atoms with van der Waals surface area (Å²) in [5, 5.41) is 3.36. The first-order chi connectivity index (χ1) is 15.5. The average Bonchev–Trinajstić information content (AvgIpc) is 2.75. The first kappa shape index (κ1) is 26.7. The number of sulfonamides is 1. The van der Waals surface area contributed by atoms with E-state index in [0.29, 0.717) is 17.3 Å². The fourth-order valence-electron chi connectivity index (χ4n) is 3.39. The fourth-order valence-corrected chi connectivity index (χ4v) is 4.51. The Balaban J connectivity index is 2.36. The number of carbonyl (C=O) groups excluding carboxylic acids is 2. The first-order valence-corrected chi connectivity index (χ1v) is 13.1. The molecule has 0 aromatic heterocycles. The normalized spacial score (nSPS) is 12.2. The summed E-state index contributed by atoms with van der Waals surface area (Å²) in [5.41, 5.74) is 1.89. The topological polar surface area (TPSA) is 86.8 Å². The third-order valence-corrected chi connectivity index (χ3v) is 6.66. The molecule has 1 N–H and O–H groups in total. The molecule has 2 aromatic carbocycles. The lowest BCUT2D eigenvalue weighted by Gasteiger charge is -2.32. The Morgan fingerprint density at radius 1 is 1.12 bits per heavy atom. The summed E-state index contributed by atoms with van der Waals surface area (Å²) in [5.74, 6) is -0.776. The van der Waals surface area contributed by atoms with E-state index in [2.05, 4.69) is 5.32 Å². The molecule has 2 aromatic rings. The minimum atomic E-state index is -3.75. The van der Waals surface area contributed by atoms with Crippen molar-refractivity contribution >= 4 is 39.1 Å². The van der Waals surface area contributed by atoms with E-state index in [9.17, 15) is 18.0 Å². The van der Waals surface area contributed by atoms with E-state index in [0.717, 1.165) is 34.5 Å². The number of aryl methyl sites for hydroxylation is 1. The van der Waals surface area contributed by atoms with Gasteiger partial charge in [0.1, 0.15) is 12.6 Å². The maximum absolute atomic E-state index is 13.5. The van der Waals surface area contributed by atoms with Crippen LogP contribution in [0, 0.1) is 6.92 Å². The Morgan fingerprint density at radius 2 is 1.82 bits per heavy atom. The van der Waals surface area contributed by atoms with Crippen molar-refractivity contribution in [3.8, 4) is 0 Å². The molecular formula is C24H32ClN3O4S. The van der Waals surface area contributed by atoms with Gasteiger partial charge in [-0.25, -0.2) is 8.42 Å². The molecule has 1 atom stereocenters. The molecule has 0 aliphatic rings. The van der Waals surface area contributed by atoms with E-state index >= 15 is 0 Å². The monoisotopic (exact) mass is 493 g/mol. The van der Waals surface area contributed by atoms with Crippen LogP contribution in [-0.4, -0.2) is 50.5 Å². The summed E-state index contributed by atoms with van der Waals surface area (Å²) in [6.45, 7) is 5.66. The highest BCUT2D eigenvalue weighted by atomic mass is 35.5. The van der Waals surface area contributed by atoms with Crippen LogP contribution in [0.15, 0.2) is 48.5 Å². The highest BCUT2D eigenvalue weighted by molar-refractivity contribution is 7.92. The van der Waals surface area contributed by atoms with Crippen LogP contribution in [0.2, 0.25) is 5.02 Å². The molecule has 2 amide bonds. The Bertz CT molecular complexity index is 1070. The van der Waals surface area contributed by atoms with Gasteiger partial charge in [-0.1, -0.05) is 55.3 Å². The number of unbranched alkanes of at least 4 members (excludes halogenated alkanes) is 1. The standard InChI is InChI=1S/C24H32ClN3O4S/c1-5-6-14-26-24(30)19(3)27(16-20-11-9-12-21(25)15-20)23(29)17-28(33(4,31)32)22-13-8-7-10-18(22)2/h7-13,15,19H,5-6,14,16-17H2,1-4H3,(H,26,30)/t19-/m0/s1. The van der Waals surface area contributed by atoms with E-state index in [-0.39, 0.29) is 12.5 Å². The highest BCUT2D eigenvalue weighted by Crippen LogP contribution is 2.23. The van der Waals surface area contributed by atoms with Gasteiger partial charge >= 0.3 is 0 Å².